The van der Waals surface area contributed by atoms with Gasteiger partial charge in [0.15, 0.2) is 0 Å². The van der Waals surface area contributed by atoms with Crippen LogP contribution in [-0.2, 0) is 25.8 Å². The van der Waals surface area contributed by atoms with E-state index in [1.54, 1.807) is 0 Å². The molecule has 0 fully saturated rings. The summed E-state index contributed by atoms with van der Waals surface area (Å²) in [7, 11) is 0. The first-order valence-electron chi connectivity index (χ1n) is 9.62. The molecule has 0 aromatic rings. The minimum atomic E-state index is 0. The van der Waals surface area contributed by atoms with Gasteiger partial charge in [-0.2, -0.15) is 19.3 Å². The molecule has 0 aliphatic rings. The fraction of sp³-hybridized carbons (Fsp3) is 0.857. The van der Waals surface area contributed by atoms with E-state index in [4.69, 9.17) is 0 Å². The van der Waals surface area contributed by atoms with E-state index in [1.165, 1.54) is 77.0 Å². The Morgan fingerprint density at radius 1 is 0.435 bits per heavy atom. The van der Waals surface area contributed by atoms with Gasteiger partial charge in [-0.25, -0.2) is 0 Å². The minimum absolute atomic E-state index is 0. The van der Waals surface area contributed by atoms with Crippen molar-refractivity contribution in [3.8, 4) is 0 Å². The molecule has 23 heavy (non-hydrogen) atoms. The predicted octanol–water partition coefficient (Wildman–Crippen LogP) is 8.19. The van der Waals surface area contributed by atoms with Gasteiger partial charge in [-0.05, 0) is 0 Å². The number of rotatable bonds is 12. The van der Waals surface area contributed by atoms with Crippen molar-refractivity contribution in [1.82, 2.24) is 0 Å². The number of unbranched alkanes of at least 4 members (excludes halogenated alkanes) is 12. The molecule has 0 spiro atoms. The Balaban J connectivity index is -0.0000000675. The Kier molecular flexibility index (Phi) is 66.1. The van der Waals surface area contributed by atoms with Crippen LogP contribution in [0.2, 0.25) is 0 Å². The smallest absolute Gasteiger partial charge is 0.870 e. The van der Waals surface area contributed by atoms with E-state index in [2.05, 4.69) is 41.5 Å². The van der Waals surface area contributed by atoms with E-state index < -0.39 is 0 Å². The van der Waals surface area contributed by atoms with Gasteiger partial charge in [0, 0.05) is 0 Å². The van der Waals surface area contributed by atoms with Gasteiger partial charge in [-0.3, -0.25) is 0 Å². The topological polar surface area (TPSA) is 30.0 Å². The quantitative estimate of drug-likeness (QED) is 0.153. The third-order valence-corrected chi connectivity index (χ3v) is 3.31. The molecule has 0 saturated carbocycles. The monoisotopic (exact) mass is 494 g/mol. The molecule has 0 heterocycles. The van der Waals surface area contributed by atoms with Crippen LogP contribution in [0, 0.1) is 20.8 Å². The van der Waals surface area contributed by atoms with Crippen LogP contribution in [0.1, 0.15) is 117 Å². The van der Waals surface area contributed by atoms with Crippen LogP contribution < -0.4 is 0 Å². The molecule has 0 saturated heterocycles. The molecule has 0 rings (SSSR count). The van der Waals surface area contributed by atoms with Crippen molar-refractivity contribution in [3.05, 3.63) is 20.8 Å². The first kappa shape index (κ1) is 35.0. The van der Waals surface area contributed by atoms with Crippen LogP contribution in [0.3, 0.4) is 0 Å². The van der Waals surface area contributed by atoms with Crippen LogP contribution >= 0.6 is 0 Å². The summed E-state index contributed by atoms with van der Waals surface area (Å²) in [5.41, 5.74) is 0. The average molecular weight is 493 g/mol. The van der Waals surface area contributed by atoms with Crippen LogP contribution in [0.25, 0.3) is 0 Å². The molecule has 0 aliphatic carbocycles. The van der Waals surface area contributed by atoms with Crippen molar-refractivity contribution in [3.63, 3.8) is 0 Å². The Morgan fingerprint density at radius 3 is 0.783 bits per heavy atom. The molecule has 0 aromatic heterocycles. The molecule has 0 radical (unpaired) electrons. The SMILES string of the molecule is [CH2-]CCCCCC.[CH2-]CCCCCC.[CH2-]CCCCCC.[Hf+4].[OH-]. The molecule has 1 nitrogen and oxygen atoms in total. The van der Waals surface area contributed by atoms with Gasteiger partial charge in [0.25, 0.3) is 0 Å². The third kappa shape index (κ3) is 60.2. The second kappa shape index (κ2) is 43.4. The molecule has 0 bridgehead atoms. The van der Waals surface area contributed by atoms with Crippen LogP contribution in [-0.4, -0.2) is 5.48 Å². The van der Waals surface area contributed by atoms with Gasteiger partial charge in [0.2, 0.25) is 0 Å². The van der Waals surface area contributed by atoms with Crippen LogP contribution in [0.5, 0.6) is 0 Å². The van der Waals surface area contributed by atoms with Gasteiger partial charge in [-0.1, -0.05) is 97.8 Å². The molecule has 0 amide bonds. The molecule has 0 atom stereocenters. The van der Waals surface area contributed by atoms with E-state index >= 15 is 0 Å². The fourth-order valence-corrected chi connectivity index (χ4v) is 1.81. The van der Waals surface area contributed by atoms with E-state index in [-0.39, 0.29) is 31.3 Å². The molecule has 2 heteroatoms. The van der Waals surface area contributed by atoms with Gasteiger partial charge in [0.05, 0.1) is 0 Å². The molecule has 0 unspecified atom stereocenters. The first-order chi connectivity index (χ1) is 10.2. The summed E-state index contributed by atoms with van der Waals surface area (Å²) in [6.45, 7) is 17.9. The Morgan fingerprint density at radius 2 is 0.652 bits per heavy atom. The van der Waals surface area contributed by atoms with Crippen molar-refractivity contribution in [2.24, 2.45) is 0 Å². The summed E-state index contributed by atoms with van der Waals surface area (Å²) in [6.07, 6.45) is 19.6. The summed E-state index contributed by atoms with van der Waals surface area (Å²) >= 11 is 0. The zero-order valence-corrected chi connectivity index (χ0v) is 20.3. The van der Waals surface area contributed by atoms with Gasteiger partial charge in [-0.15, -0.1) is 0 Å². The Hall–Kier alpha value is 0.830. The maximum atomic E-state index is 3.76. The van der Waals surface area contributed by atoms with Gasteiger partial charge < -0.3 is 26.2 Å². The molecule has 0 aliphatic heterocycles. The summed E-state index contributed by atoms with van der Waals surface area (Å²) in [4.78, 5) is 0. The normalized spacial score (nSPS) is 8.61. The van der Waals surface area contributed by atoms with E-state index in [0.29, 0.717) is 0 Å². The van der Waals surface area contributed by atoms with Crippen molar-refractivity contribution in [2.45, 2.75) is 117 Å². The van der Waals surface area contributed by atoms with Gasteiger partial charge in [0.1, 0.15) is 0 Å². The second-order valence-electron chi connectivity index (χ2n) is 5.74. The first-order valence-corrected chi connectivity index (χ1v) is 9.62. The van der Waals surface area contributed by atoms with Crippen LogP contribution in [0.4, 0.5) is 0 Å². The van der Waals surface area contributed by atoms with Crippen molar-refractivity contribution >= 4 is 0 Å². The number of hydrogen-bond acceptors (Lipinski definition) is 1. The predicted molar refractivity (Wildman–Crippen MR) is 104 cm³/mol. The van der Waals surface area contributed by atoms with Gasteiger partial charge >= 0.3 is 25.8 Å². The molecule has 0 aromatic carbocycles. The zero-order chi connectivity index (χ0) is 16.6. The maximum Gasteiger partial charge on any atom is 4.00 e. The van der Waals surface area contributed by atoms with E-state index in [1.807, 2.05) is 0 Å². The van der Waals surface area contributed by atoms with E-state index in [9.17, 15) is 0 Å². The minimum Gasteiger partial charge on any atom is -0.870 e. The van der Waals surface area contributed by atoms with Crippen molar-refractivity contribution in [2.75, 3.05) is 0 Å². The zero-order valence-electron chi connectivity index (χ0n) is 16.7. The number of hydrogen-bond donors (Lipinski definition) is 0. The third-order valence-electron chi connectivity index (χ3n) is 3.31. The average Bonchev–Trinajstić information content (AvgIpc) is 2.50. The Bertz CT molecular complexity index is 93.2. The maximum absolute atomic E-state index is 3.76. The van der Waals surface area contributed by atoms with Crippen molar-refractivity contribution < 1.29 is 31.3 Å². The summed E-state index contributed by atoms with van der Waals surface area (Å²) < 4.78 is 0. The molecular weight excluding hydrogens is 447 g/mol. The largest absolute Gasteiger partial charge is 4.00 e. The van der Waals surface area contributed by atoms with Crippen LogP contribution in [0.15, 0.2) is 0 Å². The molecular formula is C21H46HfO. The summed E-state index contributed by atoms with van der Waals surface area (Å²) in [5.74, 6) is 0. The molecule has 1 N–H and O–H groups in total. The summed E-state index contributed by atoms with van der Waals surface area (Å²) in [5, 5.41) is 0. The fourth-order valence-electron chi connectivity index (χ4n) is 1.81. The second-order valence-corrected chi connectivity index (χ2v) is 5.74. The van der Waals surface area contributed by atoms with E-state index in [0.717, 1.165) is 19.3 Å². The molecule has 140 valence electrons. The standard InChI is InChI=1S/3C7H15.Hf.H2O/c3*1-3-5-7-6-4-2;;/h3*1,3-7H2,2H3;;1H2/q3*-1;+4;/p-1. The van der Waals surface area contributed by atoms with Crippen molar-refractivity contribution in [1.29, 1.82) is 0 Å². The summed E-state index contributed by atoms with van der Waals surface area (Å²) in [6, 6.07) is 0. The Labute approximate surface area is 168 Å².